The average molecular weight is 603 g/mol. The van der Waals surface area contributed by atoms with Gasteiger partial charge in [-0.1, -0.05) is 123 Å². The number of furan rings is 1. The van der Waals surface area contributed by atoms with Gasteiger partial charge in [0, 0.05) is 44.0 Å². The van der Waals surface area contributed by atoms with Gasteiger partial charge in [-0.25, -0.2) is 4.98 Å². The highest BCUT2D eigenvalue weighted by atomic mass is 16.3. The quantitative estimate of drug-likeness (QED) is 0.201. The van der Waals surface area contributed by atoms with Crippen molar-refractivity contribution in [2.45, 2.75) is 19.3 Å². The van der Waals surface area contributed by atoms with E-state index in [4.69, 9.17) is 9.40 Å². The Balaban J connectivity index is 1.09. The first-order valence-electron chi connectivity index (χ1n) is 16.2. The van der Waals surface area contributed by atoms with Crippen molar-refractivity contribution < 1.29 is 4.42 Å². The number of nitrogens with zero attached hydrogens (tertiary/aromatic N) is 2. The fourth-order valence-corrected chi connectivity index (χ4v) is 7.99. The normalized spacial score (nSPS) is 13.5. The van der Waals surface area contributed by atoms with Gasteiger partial charge in [0.25, 0.3) is 0 Å². The van der Waals surface area contributed by atoms with E-state index in [2.05, 4.69) is 152 Å². The highest BCUT2D eigenvalue weighted by Gasteiger charge is 2.40. The van der Waals surface area contributed by atoms with Gasteiger partial charge < -0.3 is 8.98 Å². The second-order valence-electron chi connectivity index (χ2n) is 13.2. The fraction of sp³-hybridized carbons (Fsp3) is 0.0682. The molecule has 9 aromatic rings. The largest absolute Gasteiger partial charge is 0.454 e. The first kappa shape index (κ1) is 26.3. The molecule has 3 aromatic heterocycles. The van der Waals surface area contributed by atoms with E-state index in [0.29, 0.717) is 0 Å². The molecule has 3 heteroatoms. The van der Waals surface area contributed by atoms with Gasteiger partial charge in [0.05, 0.1) is 16.7 Å². The minimum Gasteiger partial charge on any atom is -0.454 e. The molecule has 0 aliphatic heterocycles. The van der Waals surface area contributed by atoms with Gasteiger partial charge in [0.1, 0.15) is 11.1 Å². The van der Waals surface area contributed by atoms with Crippen molar-refractivity contribution in [2.75, 3.05) is 0 Å². The third-order valence-electron chi connectivity index (χ3n) is 10.2. The van der Waals surface area contributed by atoms with Crippen molar-refractivity contribution in [3.63, 3.8) is 0 Å². The molecule has 1 aliphatic rings. The summed E-state index contributed by atoms with van der Waals surface area (Å²) in [5.74, 6) is 0. The first-order valence-corrected chi connectivity index (χ1v) is 16.2. The van der Waals surface area contributed by atoms with Gasteiger partial charge >= 0.3 is 0 Å². The van der Waals surface area contributed by atoms with Crippen LogP contribution in [0.25, 0.3) is 83.1 Å². The van der Waals surface area contributed by atoms with Crippen LogP contribution in [0.5, 0.6) is 0 Å². The Kier molecular flexibility index (Phi) is 5.34. The Morgan fingerprint density at radius 1 is 0.553 bits per heavy atom. The van der Waals surface area contributed by atoms with Crippen LogP contribution in [-0.2, 0) is 5.41 Å². The molecular formula is C44H30N2O. The zero-order chi connectivity index (χ0) is 31.3. The van der Waals surface area contributed by atoms with Gasteiger partial charge in [0.2, 0.25) is 0 Å². The van der Waals surface area contributed by atoms with E-state index in [1.165, 1.54) is 55.2 Å². The number of para-hydroxylation sites is 3. The lowest BCUT2D eigenvalue weighted by molar-refractivity contribution is 0.651. The lowest BCUT2D eigenvalue weighted by Crippen LogP contribution is -2.17. The molecule has 47 heavy (non-hydrogen) atoms. The highest BCUT2D eigenvalue weighted by molar-refractivity contribution is 6.11. The van der Waals surface area contributed by atoms with Crippen LogP contribution >= 0.6 is 0 Å². The van der Waals surface area contributed by atoms with Crippen LogP contribution in [0.2, 0.25) is 0 Å². The summed E-state index contributed by atoms with van der Waals surface area (Å²) in [6.45, 7) is 4.62. The van der Waals surface area contributed by atoms with Crippen LogP contribution in [0.4, 0.5) is 0 Å². The summed E-state index contributed by atoms with van der Waals surface area (Å²) in [6, 6.07) is 52.1. The maximum absolute atomic E-state index is 6.53. The number of hydrogen-bond donors (Lipinski definition) is 0. The molecule has 222 valence electrons. The predicted octanol–water partition coefficient (Wildman–Crippen LogP) is 11.7. The Morgan fingerprint density at radius 2 is 1.11 bits per heavy atom. The van der Waals surface area contributed by atoms with Crippen molar-refractivity contribution in [3.8, 4) is 39.2 Å². The molecule has 1 aliphatic carbocycles. The smallest absolute Gasteiger partial charge is 0.162 e. The number of rotatable bonds is 3. The molecule has 0 fully saturated rings. The predicted molar refractivity (Wildman–Crippen MR) is 194 cm³/mol. The van der Waals surface area contributed by atoms with Crippen molar-refractivity contribution in [1.29, 1.82) is 0 Å². The number of pyridine rings is 1. The third kappa shape index (κ3) is 3.65. The van der Waals surface area contributed by atoms with Gasteiger partial charge in [0.15, 0.2) is 5.58 Å². The van der Waals surface area contributed by atoms with E-state index in [0.717, 1.165) is 39.0 Å². The van der Waals surface area contributed by atoms with Gasteiger partial charge in [-0.05, 0) is 58.7 Å². The SMILES string of the molecule is CC1(C)c2ccccc2-c2c1c(-c1ccc(-c3ccc(-n4c5ccccc5c5ccccc54)cc3)cc1)nc1c2oc2ccccc21. The monoisotopic (exact) mass is 602 g/mol. The number of aromatic nitrogens is 2. The van der Waals surface area contributed by atoms with Crippen LogP contribution in [0.3, 0.4) is 0 Å². The highest BCUT2D eigenvalue weighted by Crippen LogP contribution is 2.55. The minimum atomic E-state index is -0.220. The van der Waals surface area contributed by atoms with Crippen LogP contribution in [-0.4, -0.2) is 9.55 Å². The first-order chi connectivity index (χ1) is 23.1. The van der Waals surface area contributed by atoms with E-state index in [9.17, 15) is 0 Å². The molecule has 0 unspecified atom stereocenters. The molecule has 0 saturated carbocycles. The Bertz CT molecular complexity index is 2640. The summed E-state index contributed by atoms with van der Waals surface area (Å²) < 4.78 is 8.89. The number of fused-ring (bicyclic) bond motifs is 10. The molecular weight excluding hydrogens is 572 g/mol. The summed E-state index contributed by atoms with van der Waals surface area (Å²) in [7, 11) is 0. The summed E-state index contributed by atoms with van der Waals surface area (Å²) in [5, 5.41) is 3.60. The van der Waals surface area contributed by atoms with E-state index >= 15 is 0 Å². The number of benzene rings is 6. The van der Waals surface area contributed by atoms with Gasteiger partial charge in [-0.15, -0.1) is 0 Å². The molecule has 0 spiro atoms. The minimum absolute atomic E-state index is 0.220. The second-order valence-corrected chi connectivity index (χ2v) is 13.2. The number of hydrogen-bond acceptors (Lipinski definition) is 2. The lowest BCUT2D eigenvalue weighted by Gasteiger charge is -2.24. The topological polar surface area (TPSA) is 31.0 Å². The summed E-state index contributed by atoms with van der Waals surface area (Å²) in [6.07, 6.45) is 0. The van der Waals surface area contributed by atoms with E-state index in [-0.39, 0.29) is 5.41 Å². The zero-order valence-electron chi connectivity index (χ0n) is 26.2. The van der Waals surface area contributed by atoms with Crippen LogP contribution in [0.1, 0.15) is 25.0 Å². The summed E-state index contributed by atoms with van der Waals surface area (Å²) >= 11 is 0. The summed E-state index contributed by atoms with van der Waals surface area (Å²) in [4.78, 5) is 5.38. The molecule has 0 amide bonds. The average Bonchev–Trinajstić information content (AvgIpc) is 3.74. The Labute approximate surface area is 272 Å². The molecule has 0 saturated heterocycles. The standard InChI is InChI=1S/C44H30N2O/c1-44(2)35-15-7-3-13-33(35)39-40(44)41(45-42-34-14-6-10-18-38(34)47-43(39)42)29-21-19-27(20-22-29)28-23-25-30(26-24-28)46-36-16-8-4-11-31(36)32-12-5-9-17-37(32)46/h3-26H,1-2H3. The van der Waals surface area contributed by atoms with Crippen LogP contribution in [0, 0.1) is 0 Å². The van der Waals surface area contributed by atoms with Gasteiger partial charge in [-0.2, -0.15) is 0 Å². The second kappa shape index (κ2) is 9.54. The van der Waals surface area contributed by atoms with E-state index in [1.54, 1.807) is 0 Å². The molecule has 0 N–H and O–H groups in total. The lowest BCUT2D eigenvalue weighted by atomic mass is 9.80. The zero-order valence-corrected chi connectivity index (χ0v) is 26.2. The van der Waals surface area contributed by atoms with Crippen LogP contribution < -0.4 is 0 Å². The van der Waals surface area contributed by atoms with Crippen molar-refractivity contribution in [3.05, 3.63) is 157 Å². The van der Waals surface area contributed by atoms with Crippen LogP contribution in [0.15, 0.2) is 150 Å². The molecule has 10 rings (SSSR count). The van der Waals surface area contributed by atoms with Crippen molar-refractivity contribution in [2.24, 2.45) is 0 Å². The Hall–Kier alpha value is -5.93. The summed E-state index contributed by atoms with van der Waals surface area (Å²) in [5.41, 5.74) is 15.5. The van der Waals surface area contributed by atoms with E-state index in [1.807, 2.05) is 12.1 Å². The maximum Gasteiger partial charge on any atom is 0.162 e. The van der Waals surface area contributed by atoms with Crippen molar-refractivity contribution in [1.82, 2.24) is 9.55 Å². The maximum atomic E-state index is 6.53. The molecule has 0 radical (unpaired) electrons. The molecule has 6 aromatic carbocycles. The molecule has 0 bridgehead atoms. The van der Waals surface area contributed by atoms with E-state index < -0.39 is 0 Å². The fourth-order valence-electron chi connectivity index (χ4n) is 7.99. The molecule has 3 nitrogen and oxygen atoms in total. The van der Waals surface area contributed by atoms with Gasteiger partial charge in [-0.3, -0.25) is 0 Å². The third-order valence-corrected chi connectivity index (χ3v) is 10.2. The molecule has 0 atom stereocenters. The van der Waals surface area contributed by atoms with Crippen molar-refractivity contribution >= 4 is 43.9 Å². The molecule has 3 heterocycles. The Morgan fingerprint density at radius 3 is 1.81 bits per heavy atom.